The molecule has 0 heterocycles. The van der Waals surface area contributed by atoms with Crippen LogP contribution in [0.4, 0.5) is 4.39 Å². The zero-order valence-corrected chi connectivity index (χ0v) is 16.8. The van der Waals surface area contributed by atoms with Crippen molar-refractivity contribution in [1.82, 2.24) is 0 Å². The fourth-order valence-corrected chi connectivity index (χ4v) is 2.42. The second kappa shape index (κ2) is 11.5. The molecule has 0 saturated carbocycles. The molecule has 0 atom stereocenters. The highest BCUT2D eigenvalue weighted by Crippen LogP contribution is 2.34. The Bertz CT molecular complexity index is 895. The highest BCUT2D eigenvalue weighted by atomic mass is 19.1. The van der Waals surface area contributed by atoms with Gasteiger partial charge < -0.3 is 23.7 Å². The van der Waals surface area contributed by atoms with Crippen LogP contribution in [0.25, 0.3) is 11.1 Å². The van der Waals surface area contributed by atoms with Gasteiger partial charge in [0.05, 0.1) is 7.11 Å². The summed E-state index contributed by atoms with van der Waals surface area (Å²) in [5.41, 5.74) is 1.19. The van der Waals surface area contributed by atoms with Gasteiger partial charge in [-0.25, -0.2) is 9.18 Å². The molecule has 8 heteroatoms. The second-order valence-electron chi connectivity index (χ2n) is 6.09. The quantitative estimate of drug-likeness (QED) is 0.226. The zero-order valence-electron chi connectivity index (χ0n) is 16.8. The van der Waals surface area contributed by atoms with Gasteiger partial charge in [-0.15, -0.1) is 0 Å². The van der Waals surface area contributed by atoms with Crippen molar-refractivity contribution in [1.29, 1.82) is 0 Å². The van der Waals surface area contributed by atoms with Crippen LogP contribution in [0.15, 0.2) is 48.6 Å². The minimum Gasteiger partial charge on any atom is -0.497 e. The molecule has 0 saturated heterocycles. The maximum Gasteiger partial charge on any atom is 0.333 e. The SMILES string of the molecule is C=C(C)C(=O)OCCOc1cc(-c2ccc(OC)cc2F)ccc1OCCOC=O. The fraction of sp³-hybridized carbons (Fsp3) is 0.273. The Morgan fingerprint density at radius 2 is 1.77 bits per heavy atom. The van der Waals surface area contributed by atoms with E-state index in [1.54, 1.807) is 37.3 Å². The van der Waals surface area contributed by atoms with Crippen LogP contribution in [0.2, 0.25) is 0 Å². The number of rotatable bonds is 12. The lowest BCUT2D eigenvalue weighted by Gasteiger charge is -2.15. The Hall–Kier alpha value is -3.55. The first-order chi connectivity index (χ1) is 14.5. The van der Waals surface area contributed by atoms with Gasteiger partial charge in [0.25, 0.3) is 6.47 Å². The molecule has 30 heavy (non-hydrogen) atoms. The Morgan fingerprint density at radius 3 is 2.43 bits per heavy atom. The summed E-state index contributed by atoms with van der Waals surface area (Å²) in [6.07, 6.45) is 0. The smallest absolute Gasteiger partial charge is 0.333 e. The molecule has 0 bridgehead atoms. The predicted octanol–water partition coefficient (Wildman–Crippen LogP) is 3.55. The normalized spacial score (nSPS) is 10.1. The minimum atomic E-state index is -0.518. The van der Waals surface area contributed by atoms with E-state index in [4.69, 9.17) is 18.9 Å². The molecule has 0 aliphatic rings. The average Bonchev–Trinajstić information content (AvgIpc) is 2.74. The van der Waals surface area contributed by atoms with E-state index >= 15 is 0 Å². The van der Waals surface area contributed by atoms with Gasteiger partial charge in [0, 0.05) is 17.2 Å². The topological polar surface area (TPSA) is 80.3 Å². The lowest BCUT2D eigenvalue weighted by Crippen LogP contribution is -2.13. The van der Waals surface area contributed by atoms with Crippen LogP contribution in [0.5, 0.6) is 17.2 Å². The standard InChI is InChI=1S/C22H23FO7/c1-15(2)22(25)30-11-10-29-21-12-16(4-7-20(21)28-9-8-27-14-24)18-6-5-17(26-3)13-19(18)23/h4-7,12-14H,1,8-11H2,2-3H3. The van der Waals surface area contributed by atoms with E-state index < -0.39 is 11.8 Å². The maximum atomic E-state index is 14.4. The van der Waals surface area contributed by atoms with Crippen LogP contribution >= 0.6 is 0 Å². The first-order valence-electron chi connectivity index (χ1n) is 9.07. The molecule has 0 aliphatic carbocycles. The summed E-state index contributed by atoms with van der Waals surface area (Å²) in [5, 5.41) is 0. The van der Waals surface area contributed by atoms with Gasteiger partial charge in [0.1, 0.15) is 38.0 Å². The van der Waals surface area contributed by atoms with Crippen molar-refractivity contribution >= 4 is 12.4 Å². The molecule has 2 rings (SSSR count). The number of ether oxygens (including phenoxy) is 5. The first-order valence-corrected chi connectivity index (χ1v) is 9.07. The van der Waals surface area contributed by atoms with Crippen molar-refractivity contribution in [2.75, 3.05) is 33.5 Å². The van der Waals surface area contributed by atoms with E-state index in [1.165, 1.54) is 13.2 Å². The molecule has 2 aromatic rings. The molecular weight excluding hydrogens is 395 g/mol. The number of methoxy groups -OCH3 is 1. The summed E-state index contributed by atoms with van der Waals surface area (Å²) in [5.74, 6) is 0.120. The van der Waals surface area contributed by atoms with Crippen molar-refractivity contribution in [3.8, 4) is 28.4 Å². The summed E-state index contributed by atoms with van der Waals surface area (Å²) < 4.78 is 40.3. The molecule has 0 amide bonds. The maximum absolute atomic E-state index is 14.4. The largest absolute Gasteiger partial charge is 0.497 e. The highest BCUT2D eigenvalue weighted by molar-refractivity contribution is 5.86. The number of hydrogen-bond acceptors (Lipinski definition) is 7. The number of hydrogen-bond donors (Lipinski definition) is 0. The Balaban J connectivity index is 2.18. The van der Waals surface area contributed by atoms with Crippen molar-refractivity contribution in [3.63, 3.8) is 0 Å². The minimum absolute atomic E-state index is 0.000507. The summed E-state index contributed by atoms with van der Waals surface area (Å²) in [6, 6.07) is 9.44. The van der Waals surface area contributed by atoms with Gasteiger partial charge in [-0.3, -0.25) is 4.79 Å². The van der Waals surface area contributed by atoms with Crippen molar-refractivity contribution in [3.05, 3.63) is 54.4 Å². The highest BCUT2D eigenvalue weighted by Gasteiger charge is 2.13. The lowest BCUT2D eigenvalue weighted by atomic mass is 10.0. The third-order valence-electron chi connectivity index (χ3n) is 3.88. The molecule has 0 radical (unpaired) electrons. The van der Waals surface area contributed by atoms with Crippen LogP contribution in [0, 0.1) is 5.82 Å². The number of carbonyl (C=O) groups is 2. The molecule has 0 spiro atoms. The van der Waals surface area contributed by atoms with Gasteiger partial charge in [-0.05, 0) is 36.8 Å². The van der Waals surface area contributed by atoms with Gasteiger partial charge in [-0.1, -0.05) is 12.6 Å². The molecule has 7 nitrogen and oxygen atoms in total. The summed E-state index contributed by atoms with van der Waals surface area (Å²) in [4.78, 5) is 21.7. The van der Waals surface area contributed by atoms with Crippen LogP contribution in [0.3, 0.4) is 0 Å². The number of esters is 1. The second-order valence-corrected chi connectivity index (χ2v) is 6.09. The third kappa shape index (κ3) is 6.51. The Morgan fingerprint density at radius 1 is 1.03 bits per heavy atom. The van der Waals surface area contributed by atoms with Crippen molar-refractivity contribution in [2.24, 2.45) is 0 Å². The summed E-state index contributed by atoms with van der Waals surface area (Å²) >= 11 is 0. The number of halogens is 1. The van der Waals surface area contributed by atoms with Gasteiger partial charge >= 0.3 is 5.97 Å². The molecular formula is C22H23FO7. The van der Waals surface area contributed by atoms with E-state index in [0.717, 1.165) is 0 Å². The monoisotopic (exact) mass is 418 g/mol. The zero-order chi connectivity index (χ0) is 21.9. The van der Waals surface area contributed by atoms with Gasteiger partial charge in [0.15, 0.2) is 11.5 Å². The van der Waals surface area contributed by atoms with E-state index in [0.29, 0.717) is 34.8 Å². The van der Waals surface area contributed by atoms with E-state index in [-0.39, 0.29) is 32.0 Å². The van der Waals surface area contributed by atoms with E-state index in [1.807, 2.05) is 0 Å². The van der Waals surface area contributed by atoms with E-state index in [2.05, 4.69) is 11.3 Å². The molecule has 0 unspecified atom stereocenters. The molecule has 0 N–H and O–H groups in total. The molecule has 160 valence electrons. The van der Waals surface area contributed by atoms with Crippen molar-refractivity contribution in [2.45, 2.75) is 6.92 Å². The third-order valence-corrected chi connectivity index (χ3v) is 3.88. The molecule has 0 aliphatic heterocycles. The number of benzene rings is 2. The Kier molecular flexibility index (Phi) is 8.68. The summed E-state index contributed by atoms with van der Waals surface area (Å²) in [6.45, 7) is 5.60. The van der Waals surface area contributed by atoms with E-state index in [9.17, 15) is 14.0 Å². The van der Waals surface area contributed by atoms with Crippen LogP contribution < -0.4 is 14.2 Å². The number of carbonyl (C=O) groups excluding carboxylic acids is 2. The van der Waals surface area contributed by atoms with Crippen LogP contribution in [0.1, 0.15) is 6.92 Å². The van der Waals surface area contributed by atoms with Crippen LogP contribution in [-0.2, 0) is 19.1 Å². The summed E-state index contributed by atoms with van der Waals surface area (Å²) in [7, 11) is 1.46. The average molecular weight is 418 g/mol. The van der Waals surface area contributed by atoms with Gasteiger partial charge in [-0.2, -0.15) is 0 Å². The molecule has 2 aromatic carbocycles. The molecule has 0 fully saturated rings. The first kappa shape index (κ1) is 22.7. The van der Waals surface area contributed by atoms with Crippen molar-refractivity contribution < 1.29 is 37.7 Å². The Labute approximate surface area is 174 Å². The molecule has 0 aromatic heterocycles. The lowest BCUT2D eigenvalue weighted by molar-refractivity contribution is -0.139. The van der Waals surface area contributed by atoms with Gasteiger partial charge in [0.2, 0.25) is 0 Å². The van der Waals surface area contributed by atoms with Crippen LogP contribution in [-0.4, -0.2) is 46.0 Å². The fourth-order valence-electron chi connectivity index (χ4n) is 2.42. The predicted molar refractivity (Wildman–Crippen MR) is 107 cm³/mol.